The largest absolute Gasteiger partial charge is 0.466 e. The van der Waals surface area contributed by atoms with Gasteiger partial charge in [0, 0.05) is 6.20 Å². The predicted molar refractivity (Wildman–Crippen MR) is 67.3 cm³/mol. The maximum Gasteiger partial charge on any atom is 0.306 e. The van der Waals surface area contributed by atoms with Crippen molar-refractivity contribution in [2.24, 2.45) is 0 Å². The molecule has 0 aromatic carbocycles. The SMILES string of the molecule is CCOC(=O)CCS(=O)(=O)Nc1ccncc1N. The van der Waals surface area contributed by atoms with Gasteiger partial charge in [0.15, 0.2) is 0 Å². The lowest BCUT2D eigenvalue weighted by atomic mass is 10.4. The second kappa shape index (κ2) is 6.20. The van der Waals surface area contributed by atoms with Crippen molar-refractivity contribution in [1.29, 1.82) is 0 Å². The minimum atomic E-state index is -3.63. The number of nitrogen functional groups attached to an aromatic ring is 1. The van der Waals surface area contributed by atoms with Crippen LogP contribution in [0.1, 0.15) is 13.3 Å². The highest BCUT2D eigenvalue weighted by atomic mass is 32.2. The third-order valence-corrected chi connectivity index (χ3v) is 3.27. The number of ether oxygens (including phenoxy) is 1. The van der Waals surface area contributed by atoms with Crippen molar-refractivity contribution in [3.8, 4) is 0 Å². The van der Waals surface area contributed by atoms with E-state index < -0.39 is 16.0 Å². The van der Waals surface area contributed by atoms with E-state index in [1.807, 2.05) is 0 Å². The zero-order chi connectivity index (χ0) is 13.6. The fraction of sp³-hybridized carbons (Fsp3) is 0.400. The summed E-state index contributed by atoms with van der Waals surface area (Å²) < 4.78 is 30.3. The van der Waals surface area contributed by atoms with Gasteiger partial charge in [-0.05, 0) is 13.0 Å². The van der Waals surface area contributed by atoms with Crippen molar-refractivity contribution in [1.82, 2.24) is 4.98 Å². The van der Waals surface area contributed by atoms with Crippen molar-refractivity contribution in [2.45, 2.75) is 13.3 Å². The molecule has 0 atom stereocenters. The van der Waals surface area contributed by atoms with Gasteiger partial charge >= 0.3 is 5.97 Å². The average Bonchev–Trinajstić information content (AvgIpc) is 2.30. The summed E-state index contributed by atoms with van der Waals surface area (Å²) in [6.45, 7) is 1.88. The fourth-order valence-corrected chi connectivity index (χ4v) is 2.23. The van der Waals surface area contributed by atoms with E-state index in [9.17, 15) is 13.2 Å². The second-order valence-electron chi connectivity index (χ2n) is 3.44. The van der Waals surface area contributed by atoms with Crippen molar-refractivity contribution in [3.05, 3.63) is 18.5 Å². The number of carbonyl (C=O) groups excluding carboxylic acids is 1. The number of anilines is 2. The highest BCUT2D eigenvalue weighted by Gasteiger charge is 2.15. The lowest BCUT2D eigenvalue weighted by Crippen LogP contribution is -2.20. The lowest BCUT2D eigenvalue weighted by molar-refractivity contribution is -0.142. The molecule has 0 aliphatic carbocycles. The third-order valence-electron chi connectivity index (χ3n) is 2.00. The Morgan fingerprint density at radius 2 is 2.28 bits per heavy atom. The van der Waals surface area contributed by atoms with Gasteiger partial charge in [-0.3, -0.25) is 14.5 Å². The van der Waals surface area contributed by atoms with E-state index in [0.717, 1.165) is 0 Å². The second-order valence-corrected chi connectivity index (χ2v) is 5.28. The average molecular weight is 273 g/mol. The molecule has 8 heteroatoms. The summed E-state index contributed by atoms with van der Waals surface area (Å²) in [6, 6.07) is 1.44. The molecule has 7 nitrogen and oxygen atoms in total. The Bertz CT molecular complexity index is 516. The first kappa shape index (κ1) is 14.2. The predicted octanol–water partition coefficient (Wildman–Crippen LogP) is 0.359. The van der Waals surface area contributed by atoms with Gasteiger partial charge in [0.25, 0.3) is 0 Å². The van der Waals surface area contributed by atoms with Crippen LogP contribution >= 0.6 is 0 Å². The fourth-order valence-electron chi connectivity index (χ4n) is 1.17. The summed E-state index contributed by atoms with van der Waals surface area (Å²) in [7, 11) is -3.63. The summed E-state index contributed by atoms with van der Waals surface area (Å²) in [4.78, 5) is 14.8. The Morgan fingerprint density at radius 3 is 2.89 bits per heavy atom. The van der Waals surface area contributed by atoms with Crippen LogP contribution in [0, 0.1) is 0 Å². The number of hydrogen-bond acceptors (Lipinski definition) is 6. The molecule has 0 saturated carbocycles. The number of nitrogens with one attached hydrogen (secondary N) is 1. The molecule has 0 saturated heterocycles. The van der Waals surface area contributed by atoms with Gasteiger partial charge in [0.1, 0.15) is 0 Å². The molecule has 1 rings (SSSR count). The molecule has 0 radical (unpaired) electrons. The van der Waals surface area contributed by atoms with Crippen molar-refractivity contribution in [3.63, 3.8) is 0 Å². The maximum absolute atomic E-state index is 11.7. The molecular weight excluding hydrogens is 258 g/mol. The van der Waals surface area contributed by atoms with Crippen LogP contribution in [0.25, 0.3) is 0 Å². The molecule has 1 aromatic rings. The summed E-state index contributed by atoms with van der Waals surface area (Å²) in [5.74, 6) is -0.904. The molecule has 1 aromatic heterocycles. The highest BCUT2D eigenvalue weighted by Crippen LogP contribution is 2.17. The maximum atomic E-state index is 11.7. The van der Waals surface area contributed by atoms with Crippen LogP contribution in [0.5, 0.6) is 0 Å². The van der Waals surface area contributed by atoms with Crippen molar-refractivity contribution < 1.29 is 17.9 Å². The van der Waals surface area contributed by atoms with Gasteiger partial charge in [0.05, 0.1) is 36.4 Å². The summed E-state index contributed by atoms with van der Waals surface area (Å²) >= 11 is 0. The van der Waals surface area contributed by atoms with Crippen LogP contribution < -0.4 is 10.5 Å². The lowest BCUT2D eigenvalue weighted by Gasteiger charge is -2.09. The van der Waals surface area contributed by atoms with Gasteiger partial charge in [-0.2, -0.15) is 0 Å². The minimum absolute atomic E-state index is 0.200. The van der Waals surface area contributed by atoms with E-state index >= 15 is 0 Å². The monoisotopic (exact) mass is 273 g/mol. The third kappa shape index (κ3) is 4.58. The molecule has 0 fully saturated rings. The number of nitrogens with two attached hydrogens (primary N) is 1. The Morgan fingerprint density at radius 1 is 1.56 bits per heavy atom. The van der Waals surface area contributed by atoms with E-state index in [1.54, 1.807) is 6.92 Å². The van der Waals surface area contributed by atoms with Crippen LogP contribution in [0.3, 0.4) is 0 Å². The van der Waals surface area contributed by atoms with E-state index in [2.05, 4.69) is 14.4 Å². The summed E-state index contributed by atoms with van der Waals surface area (Å²) in [5.41, 5.74) is 6.01. The first-order valence-electron chi connectivity index (χ1n) is 5.30. The standard InChI is InChI=1S/C10H15N3O4S/c1-2-17-10(14)4-6-18(15,16)13-9-3-5-12-7-8(9)11/h3,5,7H,2,4,6,11H2,1H3,(H,12,13). The Labute approximate surface area is 105 Å². The Kier molecular flexibility index (Phi) is 4.90. The molecule has 0 bridgehead atoms. The van der Waals surface area contributed by atoms with Gasteiger partial charge in [-0.1, -0.05) is 0 Å². The number of aromatic nitrogens is 1. The number of pyridine rings is 1. The summed E-state index contributed by atoms with van der Waals surface area (Å²) in [6.07, 6.45) is 2.55. The first-order chi connectivity index (χ1) is 8.44. The molecular formula is C10H15N3O4S. The number of sulfonamides is 1. The van der Waals surface area contributed by atoms with E-state index in [1.165, 1.54) is 18.5 Å². The number of carbonyl (C=O) groups is 1. The highest BCUT2D eigenvalue weighted by molar-refractivity contribution is 7.92. The molecule has 3 N–H and O–H groups in total. The van der Waals surface area contributed by atoms with E-state index in [0.29, 0.717) is 0 Å². The van der Waals surface area contributed by atoms with Crippen LogP contribution in [-0.4, -0.2) is 31.7 Å². The molecule has 0 aliphatic heterocycles. The van der Waals surface area contributed by atoms with E-state index in [-0.39, 0.29) is 30.2 Å². The van der Waals surface area contributed by atoms with Gasteiger partial charge in [0.2, 0.25) is 10.0 Å². The van der Waals surface area contributed by atoms with Crippen molar-refractivity contribution >= 4 is 27.4 Å². The molecule has 18 heavy (non-hydrogen) atoms. The molecule has 100 valence electrons. The molecule has 0 aliphatic rings. The smallest absolute Gasteiger partial charge is 0.306 e. The van der Waals surface area contributed by atoms with Gasteiger partial charge < -0.3 is 10.5 Å². The van der Waals surface area contributed by atoms with Crippen LogP contribution in [0.4, 0.5) is 11.4 Å². The number of rotatable bonds is 6. The first-order valence-corrected chi connectivity index (χ1v) is 6.95. The van der Waals surface area contributed by atoms with Crippen LogP contribution in [0.15, 0.2) is 18.5 Å². The minimum Gasteiger partial charge on any atom is -0.466 e. The normalized spacial score (nSPS) is 10.9. The summed E-state index contributed by atoms with van der Waals surface area (Å²) in [5, 5.41) is 0. The Hall–Kier alpha value is -1.83. The van der Waals surface area contributed by atoms with Gasteiger partial charge in [-0.25, -0.2) is 8.42 Å². The van der Waals surface area contributed by atoms with Crippen LogP contribution in [0.2, 0.25) is 0 Å². The Balaban J connectivity index is 2.60. The molecule has 0 amide bonds. The van der Waals surface area contributed by atoms with Crippen LogP contribution in [-0.2, 0) is 19.6 Å². The zero-order valence-electron chi connectivity index (χ0n) is 9.92. The zero-order valence-corrected chi connectivity index (χ0v) is 10.7. The molecule has 0 spiro atoms. The number of hydrogen-bond donors (Lipinski definition) is 2. The topological polar surface area (TPSA) is 111 Å². The number of nitrogens with zero attached hydrogens (tertiary/aromatic N) is 1. The number of esters is 1. The van der Waals surface area contributed by atoms with Gasteiger partial charge in [-0.15, -0.1) is 0 Å². The molecule has 0 unspecified atom stereocenters. The van der Waals surface area contributed by atoms with E-state index in [4.69, 9.17) is 5.73 Å². The molecule has 1 heterocycles. The van der Waals surface area contributed by atoms with Crippen molar-refractivity contribution in [2.75, 3.05) is 22.8 Å². The quantitative estimate of drug-likeness (QED) is 0.724.